The quantitative estimate of drug-likeness (QED) is 0.570. The molecule has 0 saturated carbocycles. The summed E-state index contributed by atoms with van der Waals surface area (Å²) in [6.07, 6.45) is 3.16. The first-order valence-electron chi connectivity index (χ1n) is 12.6. The predicted octanol–water partition coefficient (Wildman–Crippen LogP) is 4.24. The third kappa shape index (κ3) is 3.61. The number of rotatable bonds is 3. The topological polar surface area (TPSA) is 80.0 Å². The molecule has 3 aliphatic heterocycles. The van der Waals surface area contributed by atoms with Gasteiger partial charge in [0.05, 0.1) is 12.1 Å². The van der Waals surface area contributed by atoms with Crippen LogP contribution in [-0.2, 0) is 18.5 Å². The highest BCUT2D eigenvalue weighted by atomic mass is 16.2. The van der Waals surface area contributed by atoms with E-state index < -0.39 is 0 Å². The Kier molecular flexibility index (Phi) is 4.99. The van der Waals surface area contributed by atoms with Gasteiger partial charge in [0.25, 0.3) is 5.91 Å². The molecule has 1 saturated heterocycles. The van der Waals surface area contributed by atoms with Crippen molar-refractivity contribution in [2.24, 2.45) is 11.8 Å². The van der Waals surface area contributed by atoms with Crippen molar-refractivity contribution in [3.8, 4) is 11.5 Å². The summed E-state index contributed by atoms with van der Waals surface area (Å²) in [7, 11) is 0. The maximum atomic E-state index is 13.6. The van der Waals surface area contributed by atoms with Crippen LogP contribution < -0.4 is 9.80 Å². The van der Waals surface area contributed by atoms with E-state index in [0.29, 0.717) is 35.5 Å². The van der Waals surface area contributed by atoms with E-state index in [4.69, 9.17) is 9.97 Å². The van der Waals surface area contributed by atoms with E-state index >= 15 is 0 Å². The average Bonchev–Trinajstić information content (AvgIpc) is 3.48. The number of carbonyl (C=O) groups is 1. The number of carbonyl (C=O) groups excluding carboxylic acids is 1. The molecule has 0 N–H and O–H groups in total. The lowest BCUT2D eigenvalue weighted by atomic mass is 9.92. The van der Waals surface area contributed by atoms with Gasteiger partial charge in [0.15, 0.2) is 5.82 Å². The third-order valence-corrected chi connectivity index (χ3v) is 7.72. The van der Waals surface area contributed by atoms with Gasteiger partial charge in [-0.2, -0.15) is 0 Å². The highest BCUT2D eigenvalue weighted by molar-refractivity contribution is 6.10. The van der Waals surface area contributed by atoms with Gasteiger partial charge in [-0.05, 0) is 63.6 Å². The lowest BCUT2D eigenvalue weighted by Gasteiger charge is -2.36. The number of nitrogens with zero attached hydrogens (tertiary/aromatic N) is 7. The van der Waals surface area contributed by atoms with Crippen LogP contribution in [0.25, 0.3) is 11.5 Å². The number of fused-ring (bicyclic) bond motifs is 2. The second-order valence-corrected chi connectivity index (χ2v) is 11.2. The van der Waals surface area contributed by atoms with Crippen LogP contribution in [0.15, 0.2) is 24.3 Å². The maximum Gasteiger partial charge on any atom is 0.260 e. The molecular weight excluding hydrogens is 438 g/mol. The Hall–Kier alpha value is -3.29. The zero-order valence-corrected chi connectivity index (χ0v) is 21.0. The summed E-state index contributed by atoms with van der Waals surface area (Å²) >= 11 is 0. The van der Waals surface area contributed by atoms with Gasteiger partial charge in [-0.25, -0.2) is 9.97 Å². The highest BCUT2D eigenvalue weighted by Gasteiger charge is 2.36. The standard InChI is InChI=1S/C27H32N7O/c1-16-11-17(2)14-32(13-16)24-12-19-20(18(3)28-24)15-33(26(19)35)22-8-6-7-21(29-22)25-31-30-23-9-10-27(4,5)34(23)25/h6-8,12,16-17H,3,9-11,13-15H2,1-2,4-5H3. The number of aromatic nitrogens is 5. The van der Waals surface area contributed by atoms with Crippen LogP contribution in [0.5, 0.6) is 0 Å². The molecule has 1 radical (unpaired) electrons. The molecule has 1 amide bonds. The monoisotopic (exact) mass is 470 g/mol. The molecule has 0 aliphatic carbocycles. The lowest BCUT2D eigenvalue weighted by Crippen LogP contribution is -2.39. The first-order valence-corrected chi connectivity index (χ1v) is 12.6. The molecule has 6 heterocycles. The fourth-order valence-electron chi connectivity index (χ4n) is 6.06. The largest absolute Gasteiger partial charge is 0.356 e. The predicted molar refractivity (Wildman–Crippen MR) is 135 cm³/mol. The Balaban J connectivity index is 1.32. The van der Waals surface area contributed by atoms with Crippen LogP contribution in [-0.4, -0.2) is 43.7 Å². The van der Waals surface area contributed by atoms with E-state index in [1.165, 1.54) is 6.42 Å². The van der Waals surface area contributed by atoms with Crippen LogP contribution >= 0.6 is 0 Å². The van der Waals surface area contributed by atoms with Gasteiger partial charge >= 0.3 is 0 Å². The van der Waals surface area contributed by atoms with E-state index in [2.05, 4.69) is 54.3 Å². The lowest BCUT2D eigenvalue weighted by molar-refractivity contribution is 0.0996. The minimum absolute atomic E-state index is 0.0527. The Labute approximate surface area is 206 Å². The van der Waals surface area contributed by atoms with E-state index in [-0.39, 0.29) is 11.4 Å². The Morgan fingerprint density at radius 1 is 1.06 bits per heavy atom. The summed E-state index contributed by atoms with van der Waals surface area (Å²) in [6, 6.07) is 7.70. The van der Waals surface area contributed by atoms with E-state index in [0.717, 1.165) is 54.7 Å². The fraction of sp³-hybridized carbons (Fsp3) is 0.481. The van der Waals surface area contributed by atoms with E-state index in [9.17, 15) is 4.79 Å². The first-order chi connectivity index (χ1) is 16.7. The molecule has 1 fully saturated rings. The van der Waals surface area contributed by atoms with Gasteiger partial charge in [0.1, 0.15) is 23.2 Å². The molecule has 0 spiro atoms. The molecule has 3 aliphatic rings. The van der Waals surface area contributed by atoms with Crippen molar-refractivity contribution in [2.75, 3.05) is 22.9 Å². The van der Waals surface area contributed by atoms with Crippen molar-refractivity contribution >= 4 is 17.5 Å². The van der Waals surface area contributed by atoms with Crippen molar-refractivity contribution in [2.45, 2.75) is 59.0 Å². The number of anilines is 2. The molecule has 3 aromatic heterocycles. The van der Waals surface area contributed by atoms with Crippen LogP contribution in [0, 0.1) is 18.8 Å². The molecule has 2 atom stereocenters. The molecular formula is C27H32N7O. The number of piperidine rings is 1. The van der Waals surface area contributed by atoms with Gasteiger partial charge in [-0.3, -0.25) is 9.69 Å². The maximum absolute atomic E-state index is 13.6. The van der Waals surface area contributed by atoms with Crippen molar-refractivity contribution in [3.05, 3.63) is 53.8 Å². The molecule has 181 valence electrons. The van der Waals surface area contributed by atoms with Crippen molar-refractivity contribution < 1.29 is 4.79 Å². The van der Waals surface area contributed by atoms with Crippen molar-refractivity contribution in [3.63, 3.8) is 0 Å². The normalized spacial score (nSPS) is 23.1. The number of aryl methyl sites for hydroxylation is 1. The number of hydrogen-bond donors (Lipinski definition) is 0. The molecule has 35 heavy (non-hydrogen) atoms. The smallest absolute Gasteiger partial charge is 0.260 e. The summed E-state index contributed by atoms with van der Waals surface area (Å²) in [4.78, 5) is 27.3. The molecule has 6 rings (SSSR count). The zero-order chi connectivity index (χ0) is 24.5. The Bertz CT molecular complexity index is 1320. The van der Waals surface area contributed by atoms with Crippen LogP contribution in [0.3, 0.4) is 0 Å². The van der Waals surface area contributed by atoms with E-state index in [1.54, 1.807) is 4.90 Å². The minimum Gasteiger partial charge on any atom is -0.356 e. The molecule has 0 bridgehead atoms. The number of hydrogen-bond acceptors (Lipinski definition) is 6. The van der Waals surface area contributed by atoms with Crippen LogP contribution in [0.4, 0.5) is 11.6 Å². The van der Waals surface area contributed by atoms with Crippen molar-refractivity contribution in [1.29, 1.82) is 0 Å². The van der Waals surface area contributed by atoms with Gasteiger partial charge in [-0.1, -0.05) is 19.9 Å². The Morgan fingerprint density at radius 2 is 1.83 bits per heavy atom. The molecule has 3 aromatic rings. The van der Waals surface area contributed by atoms with E-state index in [1.807, 2.05) is 24.3 Å². The molecule has 2 unspecified atom stereocenters. The number of pyridine rings is 2. The zero-order valence-electron chi connectivity index (χ0n) is 21.0. The molecule has 8 nitrogen and oxygen atoms in total. The van der Waals surface area contributed by atoms with Crippen LogP contribution in [0.2, 0.25) is 0 Å². The molecule has 0 aromatic carbocycles. The Morgan fingerprint density at radius 3 is 2.60 bits per heavy atom. The first kappa shape index (κ1) is 22.2. The SMILES string of the molecule is [CH2]c1nc(N2CC(C)CC(C)C2)cc2c1CN(c1cccc(-c3nnc4n3C(C)(C)CC4)n1)C2=O. The average molecular weight is 471 g/mol. The fourth-order valence-corrected chi connectivity index (χ4v) is 6.06. The minimum atomic E-state index is -0.0557. The summed E-state index contributed by atoms with van der Waals surface area (Å²) in [6.45, 7) is 15.5. The van der Waals surface area contributed by atoms with Gasteiger partial charge in [0, 0.05) is 36.3 Å². The third-order valence-electron chi connectivity index (χ3n) is 7.72. The summed E-state index contributed by atoms with van der Waals surface area (Å²) in [5, 5.41) is 8.83. The van der Waals surface area contributed by atoms with Gasteiger partial charge in [0.2, 0.25) is 0 Å². The summed E-state index contributed by atoms with van der Waals surface area (Å²) in [5.74, 6) is 4.35. The van der Waals surface area contributed by atoms with Crippen LogP contribution in [0.1, 0.15) is 68.0 Å². The molecule has 8 heteroatoms. The highest BCUT2D eigenvalue weighted by Crippen LogP contribution is 2.37. The second-order valence-electron chi connectivity index (χ2n) is 11.2. The summed E-state index contributed by atoms with van der Waals surface area (Å²) < 4.78 is 2.19. The number of amides is 1. The van der Waals surface area contributed by atoms with Gasteiger partial charge in [-0.15, -0.1) is 10.2 Å². The van der Waals surface area contributed by atoms with Crippen molar-refractivity contribution in [1.82, 2.24) is 24.7 Å². The summed E-state index contributed by atoms with van der Waals surface area (Å²) in [5.41, 5.74) is 2.91. The van der Waals surface area contributed by atoms with Gasteiger partial charge < -0.3 is 9.47 Å². The second kappa shape index (κ2) is 7.86.